The SMILES string of the molecule is CNCCCc1ccc(S(=O)(=O)NCc2cccs2)cc1. The summed E-state index contributed by atoms with van der Waals surface area (Å²) in [6.45, 7) is 1.30. The zero-order valence-corrected chi connectivity index (χ0v) is 13.6. The van der Waals surface area contributed by atoms with Gasteiger partial charge in [0.1, 0.15) is 0 Å². The van der Waals surface area contributed by atoms with Crippen molar-refractivity contribution in [3.05, 3.63) is 52.2 Å². The Morgan fingerprint density at radius 3 is 2.52 bits per heavy atom. The summed E-state index contributed by atoms with van der Waals surface area (Å²) in [5.74, 6) is 0. The van der Waals surface area contributed by atoms with Gasteiger partial charge in [0.25, 0.3) is 0 Å². The summed E-state index contributed by atoms with van der Waals surface area (Å²) in [5.41, 5.74) is 1.16. The van der Waals surface area contributed by atoms with Gasteiger partial charge in [0.15, 0.2) is 0 Å². The molecule has 2 aromatic rings. The minimum atomic E-state index is -3.43. The first-order chi connectivity index (χ1) is 10.1. The molecule has 0 radical (unpaired) electrons. The number of sulfonamides is 1. The van der Waals surface area contributed by atoms with Crippen LogP contribution in [0.5, 0.6) is 0 Å². The highest BCUT2D eigenvalue weighted by Gasteiger charge is 2.13. The average molecular weight is 324 g/mol. The zero-order valence-electron chi connectivity index (χ0n) is 12.0. The van der Waals surface area contributed by atoms with E-state index in [2.05, 4.69) is 10.0 Å². The molecule has 2 N–H and O–H groups in total. The molecule has 0 aliphatic rings. The Kier molecular flexibility index (Phi) is 5.93. The van der Waals surface area contributed by atoms with Crippen LogP contribution in [0.15, 0.2) is 46.7 Å². The summed E-state index contributed by atoms with van der Waals surface area (Å²) in [5, 5.41) is 5.03. The van der Waals surface area contributed by atoms with Gasteiger partial charge in [-0.2, -0.15) is 0 Å². The van der Waals surface area contributed by atoms with Crippen molar-refractivity contribution in [2.24, 2.45) is 0 Å². The Bertz CT molecular complexity index is 635. The summed E-state index contributed by atoms with van der Waals surface area (Å²) < 4.78 is 27.0. The lowest BCUT2D eigenvalue weighted by Gasteiger charge is -2.07. The summed E-state index contributed by atoms with van der Waals surface area (Å²) in [6, 6.07) is 10.9. The van der Waals surface area contributed by atoms with E-state index in [1.165, 1.54) is 11.3 Å². The third kappa shape index (κ3) is 4.93. The van der Waals surface area contributed by atoms with Gasteiger partial charge in [-0.15, -0.1) is 11.3 Å². The minimum absolute atomic E-state index is 0.316. The molecule has 6 heteroatoms. The van der Waals surface area contributed by atoms with Crippen molar-refractivity contribution >= 4 is 21.4 Å². The molecule has 0 saturated heterocycles. The predicted molar refractivity (Wildman–Crippen MR) is 87.0 cm³/mol. The number of benzene rings is 1. The third-order valence-corrected chi connectivity index (χ3v) is 5.44. The van der Waals surface area contributed by atoms with E-state index < -0.39 is 10.0 Å². The van der Waals surface area contributed by atoms with Gasteiger partial charge >= 0.3 is 0 Å². The van der Waals surface area contributed by atoms with Crippen LogP contribution in [-0.4, -0.2) is 22.0 Å². The molecule has 0 unspecified atom stereocenters. The van der Waals surface area contributed by atoms with Gasteiger partial charge in [-0.3, -0.25) is 0 Å². The van der Waals surface area contributed by atoms with E-state index in [4.69, 9.17) is 0 Å². The van der Waals surface area contributed by atoms with Gasteiger partial charge in [-0.25, -0.2) is 13.1 Å². The van der Waals surface area contributed by atoms with Crippen LogP contribution >= 0.6 is 11.3 Å². The first kappa shape index (κ1) is 16.2. The van der Waals surface area contributed by atoms with Crippen molar-refractivity contribution in [1.82, 2.24) is 10.0 Å². The molecule has 114 valence electrons. The highest BCUT2D eigenvalue weighted by Crippen LogP contribution is 2.14. The molecular formula is C15H20N2O2S2. The fourth-order valence-electron chi connectivity index (χ4n) is 1.97. The lowest BCUT2D eigenvalue weighted by Crippen LogP contribution is -2.22. The van der Waals surface area contributed by atoms with E-state index in [-0.39, 0.29) is 0 Å². The van der Waals surface area contributed by atoms with Crippen LogP contribution in [-0.2, 0) is 23.0 Å². The highest BCUT2D eigenvalue weighted by molar-refractivity contribution is 7.89. The Labute approximate surface area is 130 Å². The molecule has 0 bridgehead atoms. The van der Waals surface area contributed by atoms with Crippen molar-refractivity contribution in [2.45, 2.75) is 24.3 Å². The number of hydrogen-bond acceptors (Lipinski definition) is 4. The summed E-state index contributed by atoms with van der Waals surface area (Å²) in [7, 11) is -1.51. The number of aryl methyl sites for hydroxylation is 1. The van der Waals surface area contributed by atoms with Gasteiger partial charge in [-0.05, 0) is 55.6 Å². The van der Waals surface area contributed by atoms with Gasteiger partial charge in [0.05, 0.1) is 4.90 Å². The Balaban J connectivity index is 1.96. The molecule has 2 rings (SSSR count). The quantitative estimate of drug-likeness (QED) is 0.733. The first-order valence-corrected chi connectivity index (χ1v) is 9.24. The standard InChI is InChI=1S/C15H20N2O2S2/c1-16-10-2-4-13-6-8-15(9-7-13)21(18,19)17-12-14-5-3-11-20-14/h3,5-9,11,16-17H,2,4,10,12H2,1H3. The van der Waals surface area contributed by atoms with E-state index in [9.17, 15) is 8.42 Å². The third-order valence-electron chi connectivity index (χ3n) is 3.14. The van der Waals surface area contributed by atoms with Crippen molar-refractivity contribution in [1.29, 1.82) is 0 Å². The molecule has 1 aromatic carbocycles. The maximum Gasteiger partial charge on any atom is 0.240 e. The number of nitrogens with one attached hydrogen (secondary N) is 2. The monoisotopic (exact) mass is 324 g/mol. The maximum absolute atomic E-state index is 12.2. The second-order valence-corrected chi connectivity index (χ2v) is 7.55. The van der Waals surface area contributed by atoms with E-state index in [1.54, 1.807) is 12.1 Å². The number of thiophene rings is 1. The molecule has 0 fully saturated rings. The number of rotatable bonds is 8. The average Bonchev–Trinajstić information content (AvgIpc) is 3.00. The van der Waals surface area contributed by atoms with E-state index in [0.29, 0.717) is 11.4 Å². The van der Waals surface area contributed by atoms with Crippen molar-refractivity contribution < 1.29 is 8.42 Å². The zero-order chi connectivity index (χ0) is 15.1. The second kappa shape index (κ2) is 7.70. The van der Waals surface area contributed by atoms with Crippen LogP contribution in [0.1, 0.15) is 16.9 Å². The van der Waals surface area contributed by atoms with E-state index in [0.717, 1.165) is 29.8 Å². The summed E-state index contributed by atoms with van der Waals surface area (Å²) >= 11 is 1.54. The first-order valence-electron chi connectivity index (χ1n) is 6.87. The Morgan fingerprint density at radius 1 is 1.14 bits per heavy atom. The fourth-order valence-corrected chi connectivity index (χ4v) is 3.71. The highest BCUT2D eigenvalue weighted by atomic mass is 32.2. The Morgan fingerprint density at radius 2 is 1.90 bits per heavy atom. The molecular weight excluding hydrogens is 304 g/mol. The normalized spacial score (nSPS) is 11.7. The largest absolute Gasteiger partial charge is 0.320 e. The van der Waals surface area contributed by atoms with Gasteiger partial charge in [-0.1, -0.05) is 18.2 Å². The van der Waals surface area contributed by atoms with Gasteiger partial charge < -0.3 is 5.32 Å². The molecule has 0 spiro atoms. The molecule has 4 nitrogen and oxygen atoms in total. The van der Waals surface area contributed by atoms with Crippen LogP contribution in [0.3, 0.4) is 0 Å². The second-order valence-electron chi connectivity index (χ2n) is 4.75. The van der Waals surface area contributed by atoms with Crippen LogP contribution in [0, 0.1) is 0 Å². The molecule has 0 atom stereocenters. The van der Waals surface area contributed by atoms with Crippen LogP contribution in [0.25, 0.3) is 0 Å². The molecule has 0 amide bonds. The van der Waals surface area contributed by atoms with Crippen LogP contribution < -0.4 is 10.0 Å². The Hall–Kier alpha value is -1.21. The van der Waals surface area contributed by atoms with Gasteiger partial charge in [0, 0.05) is 11.4 Å². The van der Waals surface area contributed by atoms with Gasteiger partial charge in [0.2, 0.25) is 10.0 Å². The molecule has 0 aliphatic carbocycles. The van der Waals surface area contributed by atoms with E-state index >= 15 is 0 Å². The molecule has 1 aromatic heterocycles. The summed E-state index contributed by atoms with van der Waals surface area (Å²) in [4.78, 5) is 1.32. The smallest absolute Gasteiger partial charge is 0.240 e. The lowest BCUT2D eigenvalue weighted by molar-refractivity contribution is 0.582. The summed E-state index contributed by atoms with van der Waals surface area (Å²) in [6.07, 6.45) is 1.99. The van der Waals surface area contributed by atoms with E-state index in [1.807, 2.05) is 36.7 Å². The molecule has 1 heterocycles. The number of hydrogen-bond donors (Lipinski definition) is 2. The van der Waals surface area contributed by atoms with Crippen molar-refractivity contribution in [3.63, 3.8) is 0 Å². The van der Waals surface area contributed by atoms with Crippen molar-refractivity contribution in [3.8, 4) is 0 Å². The van der Waals surface area contributed by atoms with Crippen LogP contribution in [0.2, 0.25) is 0 Å². The lowest BCUT2D eigenvalue weighted by atomic mass is 10.1. The minimum Gasteiger partial charge on any atom is -0.320 e. The molecule has 0 saturated carbocycles. The topological polar surface area (TPSA) is 58.2 Å². The fraction of sp³-hybridized carbons (Fsp3) is 0.333. The predicted octanol–water partition coefficient (Wildman–Crippen LogP) is 2.38. The molecule has 21 heavy (non-hydrogen) atoms. The van der Waals surface area contributed by atoms with Crippen LogP contribution in [0.4, 0.5) is 0 Å². The maximum atomic E-state index is 12.2. The van der Waals surface area contributed by atoms with Crippen molar-refractivity contribution in [2.75, 3.05) is 13.6 Å². The molecule has 0 aliphatic heterocycles.